The Labute approximate surface area is 143 Å². The van der Waals surface area contributed by atoms with Crippen molar-refractivity contribution in [3.63, 3.8) is 0 Å². The van der Waals surface area contributed by atoms with Gasteiger partial charge in [0.2, 0.25) is 0 Å². The Bertz CT molecular complexity index is 897. The number of halogens is 1. The van der Waals surface area contributed by atoms with E-state index in [4.69, 9.17) is 16.3 Å². The Balaban J connectivity index is 1.61. The third-order valence-electron chi connectivity index (χ3n) is 3.54. The fourth-order valence-corrected chi connectivity index (χ4v) is 2.51. The van der Waals surface area contributed by atoms with Crippen LogP contribution in [-0.2, 0) is 17.9 Å². The van der Waals surface area contributed by atoms with Crippen molar-refractivity contribution in [2.75, 3.05) is 6.61 Å². The summed E-state index contributed by atoms with van der Waals surface area (Å²) in [5.41, 5.74) is 1.09. The van der Waals surface area contributed by atoms with E-state index in [2.05, 4.69) is 10.3 Å². The Morgan fingerprint density at radius 1 is 1.17 bits per heavy atom. The first kappa shape index (κ1) is 16.6. The highest BCUT2D eigenvalue weighted by Gasteiger charge is 2.11. The zero-order chi connectivity index (χ0) is 16.9. The molecule has 2 aromatic carbocycles. The molecular weight excluding hydrogens is 330 g/mol. The fraction of sp³-hybridized carbons (Fsp3) is 0.235. The first-order valence-corrected chi connectivity index (χ1v) is 7.84. The Hall–Kier alpha value is -2.28. The quantitative estimate of drug-likeness (QED) is 0.739. The fourth-order valence-electron chi connectivity index (χ4n) is 2.32. The molecule has 6 nitrogen and oxygen atoms in total. The number of aliphatic hydroxyl groups is 1. The van der Waals surface area contributed by atoms with E-state index in [9.17, 15) is 9.90 Å². The van der Waals surface area contributed by atoms with Crippen LogP contribution in [0.5, 0.6) is 0 Å². The van der Waals surface area contributed by atoms with E-state index in [1.54, 1.807) is 30.3 Å². The van der Waals surface area contributed by atoms with Crippen LogP contribution in [0.15, 0.2) is 53.3 Å². The number of aromatic nitrogens is 3. The molecule has 0 fully saturated rings. The number of benzene rings is 2. The summed E-state index contributed by atoms with van der Waals surface area (Å²) in [7, 11) is 0. The second-order valence-electron chi connectivity index (χ2n) is 5.35. The lowest BCUT2D eigenvalue weighted by atomic mass is 10.2. The van der Waals surface area contributed by atoms with Crippen molar-refractivity contribution in [3.05, 3.63) is 69.5 Å². The lowest BCUT2D eigenvalue weighted by Crippen LogP contribution is -2.31. The van der Waals surface area contributed by atoms with E-state index < -0.39 is 6.10 Å². The third kappa shape index (κ3) is 3.79. The monoisotopic (exact) mass is 345 g/mol. The van der Waals surface area contributed by atoms with Gasteiger partial charge in [-0.2, -0.15) is 0 Å². The summed E-state index contributed by atoms with van der Waals surface area (Å²) >= 11 is 6.04. The number of ether oxygens (including phenoxy) is 1. The average molecular weight is 346 g/mol. The third-order valence-corrected chi connectivity index (χ3v) is 3.91. The largest absolute Gasteiger partial charge is 0.389 e. The van der Waals surface area contributed by atoms with Gasteiger partial charge in [0.1, 0.15) is 5.52 Å². The average Bonchev–Trinajstić information content (AvgIpc) is 2.59. The molecule has 1 heterocycles. The van der Waals surface area contributed by atoms with Gasteiger partial charge < -0.3 is 9.84 Å². The Kier molecular flexibility index (Phi) is 5.20. The molecule has 3 aromatic rings. The van der Waals surface area contributed by atoms with Gasteiger partial charge >= 0.3 is 0 Å². The predicted octanol–water partition coefficient (Wildman–Crippen LogP) is 2.02. The Morgan fingerprint density at radius 2 is 1.92 bits per heavy atom. The first-order chi connectivity index (χ1) is 11.6. The van der Waals surface area contributed by atoms with Crippen LogP contribution in [0.4, 0.5) is 0 Å². The molecule has 0 aliphatic heterocycles. The first-order valence-electron chi connectivity index (χ1n) is 7.47. The van der Waals surface area contributed by atoms with E-state index in [1.807, 2.05) is 18.2 Å². The van der Waals surface area contributed by atoms with Gasteiger partial charge in [-0.1, -0.05) is 47.1 Å². The molecule has 0 radical (unpaired) electrons. The molecule has 24 heavy (non-hydrogen) atoms. The van der Waals surface area contributed by atoms with Gasteiger partial charge in [-0.3, -0.25) is 4.79 Å². The van der Waals surface area contributed by atoms with Crippen LogP contribution >= 0.6 is 11.6 Å². The summed E-state index contributed by atoms with van der Waals surface area (Å²) in [5.74, 6) is 0. The van der Waals surface area contributed by atoms with Crippen LogP contribution in [0, 0.1) is 0 Å². The van der Waals surface area contributed by atoms with Gasteiger partial charge in [0.05, 0.1) is 31.2 Å². The minimum atomic E-state index is -0.874. The molecule has 3 rings (SSSR count). The highest BCUT2D eigenvalue weighted by Crippen LogP contribution is 2.15. The van der Waals surface area contributed by atoms with Crippen LogP contribution < -0.4 is 5.56 Å². The molecule has 1 aromatic heterocycles. The van der Waals surface area contributed by atoms with Gasteiger partial charge in [0, 0.05) is 5.02 Å². The molecule has 1 N–H and O–H groups in total. The molecule has 7 heteroatoms. The topological polar surface area (TPSA) is 77.2 Å². The van der Waals surface area contributed by atoms with Crippen LogP contribution in [-0.4, -0.2) is 32.8 Å². The minimum Gasteiger partial charge on any atom is -0.389 e. The number of hydrogen-bond acceptors (Lipinski definition) is 5. The maximum absolute atomic E-state index is 12.3. The van der Waals surface area contributed by atoms with Crippen LogP contribution in [0.3, 0.4) is 0 Å². The van der Waals surface area contributed by atoms with E-state index in [1.165, 1.54) is 0 Å². The van der Waals surface area contributed by atoms with Crippen molar-refractivity contribution in [1.29, 1.82) is 0 Å². The number of hydrogen-bond donors (Lipinski definition) is 1. The lowest BCUT2D eigenvalue weighted by molar-refractivity contribution is 0.0177. The highest BCUT2D eigenvalue weighted by atomic mass is 35.5. The van der Waals surface area contributed by atoms with Crippen molar-refractivity contribution >= 4 is 22.5 Å². The van der Waals surface area contributed by atoms with Gasteiger partial charge in [0.15, 0.2) is 0 Å². The van der Waals surface area contributed by atoms with Crippen LogP contribution in [0.2, 0.25) is 5.02 Å². The van der Waals surface area contributed by atoms with E-state index in [0.717, 1.165) is 10.2 Å². The van der Waals surface area contributed by atoms with E-state index in [0.29, 0.717) is 15.9 Å². The molecule has 0 bridgehead atoms. The van der Waals surface area contributed by atoms with Crippen LogP contribution in [0.25, 0.3) is 10.9 Å². The maximum atomic E-state index is 12.3. The normalized spacial score (nSPS) is 12.4. The molecule has 0 spiro atoms. The van der Waals surface area contributed by atoms with Crippen molar-refractivity contribution in [2.45, 2.75) is 19.3 Å². The summed E-state index contributed by atoms with van der Waals surface area (Å²) in [6, 6.07) is 14.3. The molecule has 0 saturated carbocycles. The number of fused-ring (bicyclic) bond motifs is 1. The lowest BCUT2D eigenvalue weighted by Gasteiger charge is -2.12. The molecular formula is C17H16ClN3O3. The standard InChI is InChI=1S/C17H16ClN3O3/c18-15-7-3-1-5-12(15)10-24-11-13(22)9-21-17(23)14-6-2-4-8-16(14)19-20-21/h1-8,13,22H,9-11H2. The van der Waals surface area contributed by atoms with Crippen molar-refractivity contribution in [2.24, 2.45) is 0 Å². The summed E-state index contributed by atoms with van der Waals surface area (Å²) in [6.07, 6.45) is -0.874. The van der Waals surface area contributed by atoms with Crippen molar-refractivity contribution < 1.29 is 9.84 Å². The van der Waals surface area contributed by atoms with Crippen LogP contribution in [0.1, 0.15) is 5.56 Å². The summed E-state index contributed by atoms with van der Waals surface area (Å²) in [5, 5.41) is 19.0. The van der Waals surface area contributed by atoms with Crippen molar-refractivity contribution in [3.8, 4) is 0 Å². The SMILES string of the molecule is O=c1c2ccccc2nnn1CC(O)COCc1ccccc1Cl. The molecule has 0 aliphatic carbocycles. The summed E-state index contributed by atoms with van der Waals surface area (Å²) in [4.78, 5) is 12.3. The molecule has 1 atom stereocenters. The Morgan fingerprint density at radius 3 is 2.75 bits per heavy atom. The molecule has 0 amide bonds. The minimum absolute atomic E-state index is 0.0131. The van der Waals surface area contributed by atoms with Gasteiger partial charge in [-0.15, -0.1) is 5.10 Å². The number of rotatable bonds is 6. The van der Waals surface area contributed by atoms with Gasteiger partial charge in [-0.05, 0) is 23.8 Å². The molecule has 1 unspecified atom stereocenters. The maximum Gasteiger partial charge on any atom is 0.277 e. The second-order valence-corrected chi connectivity index (χ2v) is 5.76. The molecule has 124 valence electrons. The molecule has 0 saturated heterocycles. The van der Waals surface area contributed by atoms with Crippen molar-refractivity contribution in [1.82, 2.24) is 15.0 Å². The van der Waals surface area contributed by atoms with Gasteiger partial charge in [-0.25, -0.2) is 4.68 Å². The predicted molar refractivity (Wildman–Crippen MR) is 90.9 cm³/mol. The summed E-state index contributed by atoms with van der Waals surface area (Å²) in [6.45, 7) is 0.361. The zero-order valence-corrected chi connectivity index (χ0v) is 13.6. The smallest absolute Gasteiger partial charge is 0.277 e. The number of nitrogens with zero attached hydrogens (tertiary/aromatic N) is 3. The van der Waals surface area contributed by atoms with Gasteiger partial charge in [0.25, 0.3) is 5.56 Å². The zero-order valence-electron chi connectivity index (χ0n) is 12.8. The summed E-state index contributed by atoms with van der Waals surface area (Å²) < 4.78 is 6.61. The van der Waals surface area contributed by atoms with E-state index >= 15 is 0 Å². The number of aliphatic hydroxyl groups excluding tert-OH is 1. The van der Waals surface area contributed by atoms with E-state index in [-0.39, 0.29) is 25.3 Å². The second kappa shape index (κ2) is 7.53. The highest BCUT2D eigenvalue weighted by molar-refractivity contribution is 6.31. The molecule has 0 aliphatic rings.